The van der Waals surface area contributed by atoms with Crippen LogP contribution in [0.3, 0.4) is 0 Å². The van der Waals surface area contributed by atoms with Gasteiger partial charge in [0.15, 0.2) is 0 Å². The average molecular weight is 421 g/mol. The predicted octanol–water partition coefficient (Wildman–Crippen LogP) is 4.91. The fourth-order valence-electron chi connectivity index (χ4n) is 3.17. The van der Waals surface area contributed by atoms with Crippen molar-refractivity contribution >= 4 is 33.2 Å². The van der Waals surface area contributed by atoms with Crippen LogP contribution in [0, 0.1) is 0 Å². The lowest BCUT2D eigenvalue weighted by Crippen LogP contribution is -2.13. The monoisotopic (exact) mass is 420 g/mol. The van der Waals surface area contributed by atoms with Gasteiger partial charge in [-0.1, -0.05) is 58.4 Å². The zero-order valence-corrected chi connectivity index (χ0v) is 16.3. The molecular formula is C22H17BrN2O2. The molecule has 0 aromatic heterocycles. The highest BCUT2D eigenvalue weighted by molar-refractivity contribution is 9.10. The number of halogens is 1. The normalized spacial score (nSPS) is 13.3. The van der Waals surface area contributed by atoms with Crippen LogP contribution in [0.25, 0.3) is 11.1 Å². The first-order valence-electron chi connectivity index (χ1n) is 8.54. The molecule has 1 aliphatic rings. The molecule has 134 valence electrons. The molecule has 1 N–H and O–H groups in total. The molecule has 0 fully saturated rings. The molecule has 0 saturated heterocycles. The summed E-state index contributed by atoms with van der Waals surface area (Å²) < 4.78 is 6.60. The molecule has 3 aromatic carbocycles. The van der Waals surface area contributed by atoms with Gasteiger partial charge in [-0.2, -0.15) is 0 Å². The summed E-state index contributed by atoms with van der Waals surface area (Å²) in [5.74, 6) is 0.565. The summed E-state index contributed by atoms with van der Waals surface area (Å²) in [7, 11) is 1.64. The van der Waals surface area contributed by atoms with Gasteiger partial charge in [0.25, 0.3) is 0 Å². The van der Waals surface area contributed by atoms with Gasteiger partial charge in [-0.15, -0.1) is 0 Å². The second-order valence-corrected chi connectivity index (χ2v) is 7.10. The number of carbonyl (C=O) groups excluding carboxylic acids is 1. The first kappa shape index (κ1) is 17.5. The number of fused-ring (bicyclic) bond motifs is 1. The minimum atomic E-state index is -0.141. The van der Waals surface area contributed by atoms with E-state index in [0.29, 0.717) is 11.4 Å². The van der Waals surface area contributed by atoms with E-state index in [-0.39, 0.29) is 12.5 Å². The minimum absolute atomic E-state index is 0.0864. The molecule has 4 nitrogen and oxygen atoms in total. The third-order valence-electron chi connectivity index (χ3n) is 4.45. The zero-order chi connectivity index (χ0) is 18.8. The largest absolute Gasteiger partial charge is 0.496 e. The highest BCUT2D eigenvalue weighted by atomic mass is 79.9. The van der Waals surface area contributed by atoms with Crippen LogP contribution in [-0.4, -0.2) is 25.3 Å². The Balaban J connectivity index is 1.93. The quantitative estimate of drug-likeness (QED) is 0.653. The second kappa shape index (κ2) is 7.37. The van der Waals surface area contributed by atoms with Crippen molar-refractivity contribution in [1.29, 1.82) is 0 Å². The average Bonchev–Trinajstić information content (AvgIpc) is 2.86. The number of ether oxygens (including phenoxy) is 1. The van der Waals surface area contributed by atoms with E-state index in [9.17, 15) is 4.79 Å². The number of benzodiazepines with no additional fused rings is 1. The Morgan fingerprint density at radius 3 is 2.41 bits per heavy atom. The third kappa shape index (κ3) is 3.51. The zero-order valence-electron chi connectivity index (χ0n) is 14.7. The molecule has 4 rings (SSSR count). The minimum Gasteiger partial charge on any atom is -0.496 e. The van der Waals surface area contributed by atoms with Gasteiger partial charge in [0, 0.05) is 27.2 Å². The number of carbonyl (C=O) groups is 1. The number of benzene rings is 3. The Hall–Kier alpha value is -2.92. The van der Waals surface area contributed by atoms with Gasteiger partial charge in [-0.25, -0.2) is 0 Å². The van der Waals surface area contributed by atoms with E-state index in [1.165, 1.54) is 0 Å². The van der Waals surface area contributed by atoms with Crippen LogP contribution in [0.5, 0.6) is 5.75 Å². The molecule has 1 heterocycles. The van der Waals surface area contributed by atoms with Gasteiger partial charge in [-0.3, -0.25) is 9.79 Å². The van der Waals surface area contributed by atoms with E-state index in [0.717, 1.165) is 32.4 Å². The highest BCUT2D eigenvalue weighted by Crippen LogP contribution is 2.37. The van der Waals surface area contributed by atoms with Gasteiger partial charge in [0.1, 0.15) is 12.3 Å². The summed E-state index contributed by atoms with van der Waals surface area (Å²) in [6, 6.07) is 21.9. The van der Waals surface area contributed by atoms with E-state index in [4.69, 9.17) is 4.74 Å². The molecule has 0 radical (unpaired) electrons. The Morgan fingerprint density at radius 2 is 1.70 bits per heavy atom. The summed E-state index contributed by atoms with van der Waals surface area (Å²) >= 11 is 3.46. The number of amides is 1. The van der Waals surface area contributed by atoms with Gasteiger partial charge in [0.05, 0.1) is 18.5 Å². The molecular weight excluding hydrogens is 404 g/mol. The molecule has 0 aliphatic carbocycles. The molecule has 0 unspecified atom stereocenters. The summed E-state index contributed by atoms with van der Waals surface area (Å²) in [5, 5.41) is 2.94. The molecule has 27 heavy (non-hydrogen) atoms. The van der Waals surface area contributed by atoms with E-state index < -0.39 is 0 Å². The van der Waals surface area contributed by atoms with Crippen LogP contribution in [0.4, 0.5) is 5.69 Å². The molecule has 1 amide bonds. The highest BCUT2D eigenvalue weighted by Gasteiger charge is 2.21. The first-order chi connectivity index (χ1) is 13.2. The maximum atomic E-state index is 12.2. The lowest BCUT2D eigenvalue weighted by Gasteiger charge is -2.16. The van der Waals surface area contributed by atoms with Gasteiger partial charge < -0.3 is 10.1 Å². The maximum Gasteiger partial charge on any atom is 0.246 e. The number of nitrogens with zero attached hydrogens (tertiary/aromatic N) is 1. The SMILES string of the molecule is COc1cc2c(cc1-c1ccccc1)C(c1ccc(Br)cc1)=NCC(=O)N2. The molecule has 0 spiro atoms. The Bertz CT molecular complexity index is 1030. The van der Waals surface area contributed by atoms with Crippen molar-refractivity contribution in [3.63, 3.8) is 0 Å². The summed E-state index contributed by atoms with van der Waals surface area (Å²) in [5.41, 5.74) is 5.33. The fourth-order valence-corrected chi connectivity index (χ4v) is 3.44. The van der Waals surface area contributed by atoms with Crippen molar-refractivity contribution in [1.82, 2.24) is 0 Å². The smallest absolute Gasteiger partial charge is 0.246 e. The number of nitrogens with one attached hydrogen (secondary N) is 1. The van der Waals surface area contributed by atoms with Gasteiger partial charge in [-0.05, 0) is 23.8 Å². The summed E-state index contributed by atoms with van der Waals surface area (Å²) in [4.78, 5) is 16.7. The van der Waals surface area contributed by atoms with Crippen molar-refractivity contribution < 1.29 is 9.53 Å². The molecule has 5 heteroatoms. The number of methoxy groups -OCH3 is 1. The number of aliphatic imine (C=N–C) groups is 1. The van der Waals surface area contributed by atoms with Crippen molar-refractivity contribution in [2.24, 2.45) is 4.99 Å². The van der Waals surface area contributed by atoms with Crippen molar-refractivity contribution in [2.45, 2.75) is 0 Å². The summed E-state index contributed by atoms with van der Waals surface area (Å²) in [6.07, 6.45) is 0. The van der Waals surface area contributed by atoms with Crippen LogP contribution in [0.2, 0.25) is 0 Å². The Labute approximate surface area is 166 Å². The molecule has 3 aromatic rings. The van der Waals surface area contributed by atoms with E-state index in [1.54, 1.807) is 7.11 Å². The number of hydrogen-bond acceptors (Lipinski definition) is 3. The van der Waals surface area contributed by atoms with E-state index in [1.807, 2.05) is 66.7 Å². The maximum absolute atomic E-state index is 12.2. The molecule has 0 saturated carbocycles. The van der Waals surface area contributed by atoms with Crippen LogP contribution >= 0.6 is 15.9 Å². The lowest BCUT2D eigenvalue weighted by atomic mass is 9.95. The standard InChI is InChI=1S/C22H17BrN2O2/c1-27-20-12-19-18(11-17(20)14-5-3-2-4-6-14)22(24-13-21(26)25-19)15-7-9-16(23)10-8-15/h2-12H,13H2,1H3,(H,25,26). The first-order valence-corrected chi connectivity index (χ1v) is 9.33. The van der Waals surface area contributed by atoms with Gasteiger partial charge in [0.2, 0.25) is 5.91 Å². The van der Waals surface area contributed by atoms with Crippen LogP contribution in [-0.2, 0) is 4.79 Å². The second-order valence-electron chi connectivity index (χ2n) is 6.18. The molecule has 0 bridgehead atoms. The number of anilines is 1. The molecule has 0 atom stereocenters. The van der Waals surface area contributed by atoms with E-state index >= 15 is 0 Å². The molecule has 1 aliphatic heterocycles. The summed E-state index contributed by atoms with van der Waals surface area (Å²) in [6.45, 7) is 0.0864. The topological polar surface area (TPSA) is 50.7 Å². The lowest BCUT2D eigenvalue weighted by molar-refractivity contribution is -0.114. The number of hydrogen-bond donors (Lipinski definition) is 1. The Kier molecular flexibility index (Phi) is 4.77. The predicted molar refractivity (Wildman–Crippen MR) is 112 cm³/mol. The third-order valence-corrected chi connectivity index (χ3v) is 4.98. The van der Waals surface area contributed by atoms with Crippen molar-refractivity contribution in [3.8, 4) is 16.9 Å². The fraction of sp³-hybridized carbons (Fsp3) is 0.0909. The van der Waals surface area contributed by atoms with Crippen LogP contribution in [0.1, 0.15) is 11.1 Å². The van der Waals surface area contributed by atoms with Crippen molar-refractivity contribution in [3.05, 3.63) is 82.3 Å². The van der Waals surface area contributed by atoms with Gasteiger partial charge >= 0.3 is 0 Å². The number of rotatable bonds is 3. The van der Waals surface area contributed by atoms with Crippen LogP contribution in [0.15, 0.2) is 76.2 Å². The van der Waals surface area contributed by atoms with Crippen molar-refractivity contribution in [2.75, 3.05) is 19.0 Å². The van der Waals surface area contributed by atoms with E-state index in [2.05, 4.69) is 26.2 Å². The van der Waals surface area contributed by atoms with Crippen LogP contribution < -0.4 is 10.1 Å². The Morgan fingerprint density at radius 1 is 0.963 bits per heavy atom.